The van der Waals surface area contributed by atoms with Gasteiger partial charge in [0, 0.05) is 26.2 Å². The minimum Gasteiger partial charge on any atom is -0.342 e. The zero-order chi connectivity index (χ0) is 11.4. The SMILES string of the molecule is CC(C)CN(CC(C)C)C(=O)C1CNC1. The number of rotatable bonds is 5. The zero-order valence-electron chi connectivity index (χ0n) is 10.4. The van der Waals surface area contributed by atoms with Gasteiger partial charge in [-0.3, -0.25) is 4.79 Å². The molecule has 1 fully saturated rings. The van der Waals surface area contributed by atoms with Crippen molar-refractivity contribution < 1.29 is 4.79 Å². The Labute approximate surface area is 93.2 Å². The van der Waals surface area contributed by atoms with E-state index in [-0.39, 0.29) is 5.92 Å². The van der Waals surface area contributed by atoms with E-state index >= 15 is 0 Å². The molecule has 15 heavy (non-hydrogen) atoms. The van der Waals surface area contributed by atoms with Crippen LogP contribution in [0.3, 0.4) is 0 Å². The quantitative estimate of drug-likeness (QED) is 0.746. The molecule has 0 aromatic heterocycles. The van der Waals surface area contributed by atoms with Crippen molar-refractivity contribution in [1.82, 2.24) is 10.2 Å². The molecule has 0 aromatic carbocycles. The fourth-order valence-corrected chi connectivity index (χ4v) is 1.86. The van der Waals surface area contributed by atoms with Crippen molar-refractivity contribution in [2.75, 3.05) is 26.2 Å². The average Bonchev–Trinajstić information content (AvgIpc) is 1.97. The van der Waals surface area contributed by atoms with Crippen LogP contribution in [-0.2, 0) is 4.79 Å². The molecular weight excluding hydrogens is 188 g/mol. The van der Waals surface area contributed by atoms with Gasteiger partial charge in [0.15, 0.2) is 0 Å². The molecule has 0 radical (unpaired) electrons. The van der Waals surface area contributed by atoms with Crippen LogP contribution in [0.15, 0.2) is 0 Å². The molecule has 0 aromatic rings. The summed E-state index contributed by atoms with van der Waals surface area (Å²) in [7, 11) is 0. The fourth-order valence-electron chi connectivity index (χ4n) is 1.86. The summed E-state index contributed by atoms with van der Waals surface area (Å²) in [4.78, 5) is 14.1. The first kappa shape index (κ1) is 12.5. The summed E-state index contributed by atoms with van der Waals surface area (Å²) in [5.74, 6) is 1.69. The number of nitrogens with one attached hydrogen (secondary N) is 1. The number of carbonyl (C=O) groups excluding carboxylic acids is 1. The first-order valence-electron chi connectivity index (χ1n) is 6.00. The lowest BCUT2D eigenvalue weighted by Crippen LogP contribution is -2.53. The largest absolute Gasteiger partial charge is 0.342 e. The molecule has 1 N–H and O–H groups in total. The molecule has 1 aliphatic heterocycles. The van der Waals surface area contributed by atoms with Crippen LogP contribution < -0.4 is 5.32 Å². The Morgan fingerprint density at radius 2 is 1.67 bits per heavy atom. The van der Waals surface area contributed by atoms with Crippen molar-refractivity contribution in [3.8, 4) is 0 Å². The highest BCUT2D eigenvalue weighted by atomic mass is 16.2. The molecule has 0 saturated carbocycles. The lowest BCUT2D eigenvalue weighted by molar-refractivity contribution is -0.138. The van der Waals surface area contributed by atoms with Gasteiger partial charge in [-0.2, -0.15) is 0 Å². The second-order valence-electron chi connectivity index (χ2n) is 5.39. The summed E-state index contributed by atoms with van der Waals surface area (Å²) < 4.78 is 0. The zero-order valence-corrected chi connectivity index (χ0v) is 10.4. The molecule has 1 amide bonds. The molecule has 3 heteroatoms. The van der Waals surface area contributed by atoms with E-state index in [2.05, 4.69) is 33.0 Å². The van der Waals surface area contributed by atoms with Gasteiger partial charge >= 0.3 is 0 Å². The summed E-state index contributed by atoms with van der Waals surface area (Å²) >= 11 is 0. The number of hydrogen-bond acceptors (Lipinski definition) is 2. The molecule has 0 atom stereocenters. The molecule has 0 bridgehead atoms. The summed E-state index contributed by atoms with van der Waals surface area (Å²) in [5, 5.41) is 3.16. The minimum atomic E-state index is 0.238. The molecule has 3 nitrogen and oxygen atoms in total. The minimum absolute atomic E-state index is 0.238. The van der Waals surface area contributed by atoms with Crippen LogP contribution in [0.5, 0.6) is 0 Å². The van der Waals surface area contributed by atoms with E-state index in [0.29, 0.717) is 17.7 Å². The van der Waals surface area contributed by atoms with Crippen molar-refractivity contribution in [1.29, 1.82) is 0 Å². The Kier molecular flexibility index (Phi) is 4.58. The third kappa shape index (κ3) is 3.82. The van der Waals surface area contributed by atoms with Crippen molar-refractivity contribution in [3.63, 3.8) is 0 Å². The van der Waals surface area contributed by atoms with E-state index in [1.54, 1.807) is 0 Å². The number of amides is 1. The standard InChI is InChI=1S/C12H24N2O/c1-9(2)7-14(8-10(3)4)12(15)11-5-13-6-11/h9-11,13H,5-8H2,1-4H3. The van der Waals surface area contributed by atoms with Gasteiger partial charge in [-0.1, -0.05) is 27.7 Å². The maximum absolute atomic E-state index is 12.1. The normalized spacial score (nSPS) is 16.9. The average molecular weight is 212 g/mol. The van der Waals surface area contributed by atoms with E-state index in [4.69, 9.17) is 0 Å². The number of hydrogen-bond donors (Lipinski definition) is 1. The van der Waals surface area contributed by atoms with Gasteiger partial charge in [-0.15, -0.1) is 0 Å². The maximum atomic E-state index is 12.1. The Morgan fingerprint density at radius 1 is 1.20 bits per heavy atom. The first-order valence-corrected chi connectivity index (χ1v) is 6.00. The fraction of sp³-hybridized carbons (Fsp3) is 0.917. The Bertz CT molecular complexity index is 200. The van der Waals surface area contributed by atoms with E-state index < -0.39 is 0 Å². The summed E-state index contributed by atoms with van der Waals surface area (Å²) in [6, 6.07) is 0. The summed E-state index contributed by atoms with van der Waals surface area (Å²) in [6.07, 6.45) is 0. The molecule has 1 heterocycles. The lowest BCUT2D eigenvalue weighted by atomic mass is 10.00. The third-order valence-corrected chi connectivity index (χ3v) is 2.61. The molecule has 0 unspecified atom stereocenters. The number of nitrogens with zero attached hydrogens (tertiary/aromatic N) is 1. The molecule has 0 spiro atoms. The van der Waals surface area contributed by atoms with Gasteiger partial charge in [-0.05, 0) is 11.8 Å². The third-order valence-electron chi connectivity index (χ3n) is 2.61. The van der Waals surface area contributed by atoms with E-state index in [1.165, 1.54) is 0 Å². The van der Waals surface area contributed by atoms with Crippen LogP contribution in [0.25, 0.3) is 0 Å². The van der Waals surface area contributed by atoms with Crippen LogP contribution in [0.2, 0.25) is 0 Å². The van der Waals surface area contributed by atoms with Crippen molar-refractivity contribution in [2.24, 2.45) is 17.8 Å². The van der Waals surface area contributed by atoms with Gasteiger partial charge in [0.05, 0.1) is 5.92 Å². The van der Waals surface area contributed by atoms with Crippen molar-refractivity contribution >= 4 is 5.91 Å². The van der Waals surface area contributed by atoms with Crippen LogP contribution in [0.4, 0.5) is 0 Å². The van der Waals surface area contributed by atoms with Crippen LogP contribution in [-0.4, -0.2) is 37.0 Å². The molecule has 1 rings (SSSR count). The highest BCUT2D eigenvalue weighted by Crippen LogP contribution is 2.12. The second kappa shape index (κ2) is 5.50. The lowest BCUT2D eigenvalue weighted by Gasteiger charge is -2.34. The summed E-state index contributed by atoms with van der Waals surface area (Å²) in [6.45, 7) is 12.2. The molecular formula is C12H24N2O. The van der Waals surface area contributed by atoms with Gasteiger partial charge in [0.1, 0.15) is 0 Å². The molecule has 0 aliphatic carbocycles. The molecule has 1 aliphatic rings. The monoisotopic (exact) mass is 212 g/mol. The van der Waals surface area contributed by atoms with Crippen molar-refractivity contribution in [2.45, 2.75) is 27.7 Å². The Hall–Kier alpha value is -0.570. The topological polar surface area (TPSA) is 32.3 Å². The molecule has 88 valence electrons. The van der Waals surface area contributed by atoms with Crippen LogP contribution >= 0.6 is 0 Å². The van der Waals surface area contributed by atoms with E-state index in [1.807, 2.05) is 4.90 Å². The van der Waals surface area contributed by atoms with Gasteiger partial charge in [0.25, 0.3) is 0 Å². The van der Waals surface area contributed by atoms with Gasteiger partial charge < -0.3 is 10.2 Å². The van der Waals surface area contributed by atoms with Gasteiger partial charge in [0.2, 0.25) is 5.91 Å². The summed E-state index contributed by atoms with van der Waals surface area (Å²) in [5.41, 5.74) is 0. The molecule has 1 saturated heterocycles. The van der Waals surface area contributed by atoms with E-state index in [0.717, 1.165) is 26.2 Å². The van der Waals surface area contributed by atoms with Crippen LogP contribution in [0.1, 0.15) is 27.7 Å². The van der Waals surface area contributed by atoms with Gasteiger partial charge in [-0.25, -0.2) is 0 Å². The predicted octanol–water partition coefficient (Wildman–Crippen LogP) is 1.35. The highest BCUT2D eigenvalue weighted by molar-refractivity contribution is 5.80. The smallest absolute Gasteiger partial charge is 0.228 e. The number of carbonyl (C=O) groups is 1. The first-order chi connectivity index (χ1) is 7.00. The Balaban J connectivity index is 2.49. The second-order valence-corrected chi connectivity index (χ2v) is 5.39. The Morgan fingerprint density at radius 3 is 1.93 bits per heavy atom. The van der Waals surface area contributed by atoms with Crippen LogP contribution in [0, 0.1) is 17.8 Å². The predicted molar refractivity (Wildman–Crippen MR) is 62.6 cm³/mol. The highest BCUT2D eigenvalue weighted by Gasteiger charge is 2.29. The van der Waals surface area contributed by atoms with Crippen molar-refractivity contribution in [3.05, 3.63) is 0 Å². The maximum Gasteiger partial charge on any atom is 0.228 e. The van der Waals surface area contributed by atoms with E-state index in [9.17, 15) is 4.79 Å².